The lowest BCUT2D eigenvalue weighted by molar-refractivity contribution is -0.0484. The van der Waals surface area contributed by atoms with Crippen molar-refractivity contribution >= 4 is 16.6 Å². The van der Waals surface area contributed by atoms with Crippen molar-refractivity contribution in [3.8, 4) is 6.07 Å². The van der Waals surface area contributed by atoms with Gasteiger partial charge in [0.1, 0.15) is 12.2 Å². The van der Waals surface area contributed by atoms with Crippen molar-refractivity contribution in [1.82, 2.24) is 9.55 Å². The number of hydrogen-bond acceptors (Lipinski definition) is 6. The van der Waals surface area contributed by atoms with Crippen molar-refractivity contribution in [3.63, 3.8) is 0 Å². The van der Waals surface area contributed by atoms with Gasteiger partial charge < -0.3 is 13.6 Å². The van der Waals surface area contributed by atoms with Crippen LogP contribution < -0.4 is 11.2 Å². The van der Waals surface area contributed by atoms with Crippen LogP contribution in [0, 0.1) is 18.3 Å². The fraction of sp³-hybridized carbons (Fsp3) is 0.708. The van der Waals surface area contributed by atoms with Gasteiger partial charge in [0.05, 0.1) is 12.7 Å². The highest BCUT2D eigenvalue weighted by molar-refractivity contribution is 6.74. The zero-order valence-corrected chi connectivity index (χ0v) is 24.5. The van der Waals surface area contributed by atoms with Crippen molar-refractivity contribution in [2.75, 3.05) is 6.61 Å². The molecule has 0 bridgehead atoms. The fourth-order valence-electron chi connectivity index (χ4n) is 3.16. The molecule has 1 N–H and O–H groups in total. The number of ether oxygens (including phenoxy) is 1. The smallest absolute Gasteiger partial charge is 0.330 e. The van der Waals surface area contributed by atoms with Gasteiger partial charge in [-0.3, -0.25) is 14.3 Å². The molecule has 0 unspecified atom stereocenters. The molecule has 1 aromatic rings. The zero-order chi connectivity index (χ0) is 26.3. The molecule has 1 fully saturated rings. The minimum atomic E-state index is -2.33. The Morgan fingerprint density at radius 2 is 1.68 bits per heavy atom. The molecule has 0 spiro atoms. The Morgan fingerprint density at radius 3 is 2.18 bits per heavy atom. The standard InChI is InChI=1S/C24H41N3O5Si2/c1-16-14-27(22(29)26-20(16)28)21-19(32-34(10,11)24(5,6)7)17(12-13-25)18(31-21)15-30-33(8,9)23(2,3)4/h12,14,18-19,21H,15H2,1-11H3,(H,26,28,29)/b17-12-/t18-,19+,21-/m1/s1. The third kappa shape index (κ3) is 5.89. The lowest BCUT2D eigenvalue weighted by Crippen LogP contribution is -2.47. The number of aryl methyl sites for hydroxylation is 1. The van der Waals surface area contributed by atoms with Crippen LogP contribution in [0.4, 0.5) is 0 Å². The van der Waals surface area contributed by atoms with E-state index in [1.54, 1.807) is 6.92 Å². The van der Waals surface area contributed by atoms with Crippen LogP contribution in [0.2, 0.25) is 36.3 Å². The van der Waals surface area contributed by atoms with E-state index in [0.717, 1.165) is 0 Å². The molecule has 2 heterocycles. The first-order valence-electron chi connectivity index (χ1n) is 11.7. The molecule has 0 aliphatic carbocycles. The predicted molar refractivity (Wildman–Crippen MR) is 139 cm³/mol. The summed E-state index contributed by atoms with van der Waals surface area (Å²) in [5.41, 5.74) is 0.0336. The monoisotopic (exact) mass is 507 g/mol. The van der Waals surface area contributed by atoms with Crippen LogP contribution in [0.5, 0.6) is 0 Å². The van der Waals surface area contributed by atoms with E-state index >= 15 is 0 Å². The lowest BCUT2D eigenvalue weighted by atomic mass is 10.1. The number of H-pyrrole nitrogens is 1. The molecule has 1 aliphatic heterocycles. The van der Waals surface area contributed by atoms with E-state index < -0.39 is 46.3 Å². The summed E-state index contributed by atoms with van der Waals surface area (Å²) < 4.78 is 20.9. The summed E-state index contributed by atoms with van der Waals surface area (Å²) in [6.07, 6.45) is 0.921. The molecule has 1 aromatic heterocycles. The molecule has 3 atom stereocenters. The Morgan fingerprint density at radius 1 is 1.12 bits per heavy atom. The summed E-state index contributed by atoms with van der Waals surface area (Å²) in [5, 5.41) is 9.50. The van der Waals surface area contributed by atoms with Crippen LogP contribution in [-0.4, -0.2) is 45.0 Å². The quantitative estimate of drug-likeness (QED) is 0.445. The lowest BCUT2D eigenvalue weighted by Gasteiger charge is -2.39. The SMILES string of the molecule is Cc1cn([C@@H]2O[C@H](CO[Si](C)(C)C(C)(C)C)/C(=C/C#N)[C@@H]2O[Si](C)(C)C(C)(C)C)c(=O)[nH]c1=O. The second-order valence-corrected chi connectivity index (χ2v) is 21.7. The molecule has 0 saturated carbocycles. The maximum absolute atomic E-state index is 12.8. The highest BCUT2D eigenvalue weighted by atomic mass is 28.4. The van der Waals surface area contributed by atoms with E-state index in [-0.39, 0.29) is 16.7 Å². The van der Waals surface area contributed by atoms with Crippen LogP contribution in [0.25, 0.3) is 0 Å². The first-order valence-corrected chi connectivity index (χ1v) is 17.5. The van der Waals surface area contributed by atoms with Gasteiger partial charge in [-0.15, -0.1) is 0 Å². The van der Waals surface area contributed by atoms with Crippen LogP contribution in [0.15, 0.2) is 27.4 Å². The van der Waals surface area contributed by atoms with E-state index in [4.69, 9.17) is 13.6 Å². The number of aromatic nitrogens is 2. The maximum atomic E-state index is 12.8. The summed E-state index contributed by atoms with van der Waals surface area (Å²) in [6, 6.07) is 2.13. The molecule has 190 valence electrons. The summed E-state index contributed by atoms with van der Waals surface area (Å²) in [4.78, 5) is 27.1. The van der Waals surface area contributed by atoms with Crippen molar-refractivity contribution in [2.24, 2.45) is 0 Å². The first kappa shape index (κ1) is 28.5. The van der Waals surface area contributed by atoms with Crippen molar-refractivity contribution < 1.29 is 13.6 Å². The fourth-order valence-corrected chi connectivity index (χ4v) is 5.40. The second-order valence-electron chi connectivity index (χ2n) is 12.1. The summed E-state index contributed by atoms with van der Waals surface area (Å²) >= 11 is 0. The van der Waals surface area contributed by atoms with Crippen LogP contribution in [0.1, 0.15) is 53.3 Å². The van der Waals surface area contributed by atoms with Crippen molar-refractivity contribution in [1.29, 1.82) is 5.26 Å². The molecular weight excluding hydrogens is 466 g/mol. The highest BCUT2D eigenvalue weighted by Gasteiger charge is 2.49. The summed E-state index contributed by atoms with van der Waals surface area (Å²) in [5.74, 6) is 0. The molecule has 8 nitrogen and oxygen atoms in total. The number of nitriles is 1. The number of allylic oxidation sites excluding steroid dienone is 1. The number of nitrogens with zero attached hydrogens (tertiary/aromatic N) is 2. The molecule has 2 rings (SSSR count). The Labute approximate surface area is 205 Å². The average molecular weight is 508 g/mol. The highest BCUT2D eigenvalue weighted by Crippen LogP contribution is 2.44. The number of rotatable bonds is 6. The van der Waals surface area contributed by atoms with Gasteiger partial charge in [-0.05, 0) is 43.2 Å². The van der Waals surface area contributed by atoms with E-state index in [2.05, 4.69) is 78.8 Å². The molecule has 0 aromatic carbocycles. The third-order valence-electron chi connectivity index (χ3n) is 7.54. The van der Waals surface area contributed by atoms with E-state index in [1.165, 1.54) is 16.8 Å². The first-order chi connectivity index (χ1) is 15.3. The topological polar surface area (TPSA) is 106 Å². The maximum Gasteiger partial charge on any atom is 0.330 e. The van der Waals surface area contributed by atoms with Crippen LogP contribution >= 0.6 is 0 Å². The van der Waals surface area contributed by atoms with Gasteiger partial charge in [0, 0.05) is 23.4 Å². The van der Waals surface area contributed by atoms with Gasteiger partial charge in [0.2, 0.25) is 0 Å². The van der Waals surface area contributed by atoms with Gasteiger partial charge >= 0.3 is 5.69 Å². The summed E-state index contributed by atoms with van der Waals surface area (Å²) in [7, 11) is -4.42. The Balaban J connectivity index is 2.57. The Bertz CT molecular complexity index is 1080. The minimum absolute atomic E-state index is 0.00806. The number of nitrogens with one attached hydrogen (secondary N) is 1. The predicted octanol–water partition coefficient (Wildman–Crippen LogP) is 4.60. The average Bonchev–Trinajstić information content (AvgIpc) is 2.98. The van der Waals surface area contributed by atoms with Crippen molar-refractivity contribution in [2.45, 2.75) is 103 Å². The van der Waals surface area contributed by atoms with Crippen LogP contribution in [0.3, 0.4) is 0 Å². The molecule has 1 saturated heterocycles. The largest absolute Gasteiger partial charge is 0.414 e. The zero-order valence-electron chi connectivity index (χ0n) is 22.5. The Kier molecular flexibility index (Phi) is 8.12. The molecule has 10 heteroatoms. The van der Waals surface area contributed by atoms with E-state index in [1.807, 2.05) is 0 Å². The van der Waals surface area contributed by atoms with Gasteiger partial charge in [-0.2, -0.15) is 5.26 Å². The minimum Gasteiger partial charge on any atom is -0.414 e. The van der Waals surface area contributed by atoms with Crippen molar-refractivity contribution in [3.05, 3.63) is 44.2 Å². The van der Waals surface area contributed by atoms with Crippen LogP contribution in [-0.2, 0) is 13.6 Å². The molecule has 0 amide bonds. The van der Waals surface area contributed by atoms with Gasteiger partial charge in [0.15, 0.2) is 22.9 Å². The number of aromatic amines is 1. The second kappa shape index (κ2) is 9.70. The van der Waals surface area contributed by atoms with Gasteiger partial charge in [-0.1, -0.05) is 41.5 Å². The Hall–Kier alpha value is -1.78. The molecule has 1 aliphatic rings. The number of hydrogen-bond donors (Lipinski definition) is 1. The molecule has 0 radical (unpaired) electrons. The van der Waals surface area contributed by atoms with E-state index in [0.29, 0.717) is 11.1 Å². The third-order valence-corrected chi connectivity index (χ3v) is 16.5. The normalized spacial score (nSPS) is 23.4. The summed E-state index contributed by atoms with van der Waals surface area (Å²) in [6.45, 7) is 23.3. The van der Waals surface area contributed by atoms with Gasteiger partial charge in [0.25, 0.3) is 5.56 Å². The van der Waals surface area contributed by atoms with Gasteiger partial charge in [-0.25, -0.2) is 4.79 Å². The molecule has 34 heavy (non-hydrogen) atoms. The molecular formula is C24H41N3O5Si2. The van der Waals surface area contributed by atoms with E-state index in [9.17, 15) is 14.9 Å².